The van der Waals surface area contributed by atoms with E-state index in [1.54, 1.807) is 11.7 Å². The summed E-state index contributed by atoms with van der Waals surface area (Å²) in [7, 11) is 1.67. The number of aromatic nitrogens is 3. The van der Waals surface area contributed by atoms with E-state index < -0.39 is 0 Å². The Labute approximate surface area is 240 Å². The summed E-state index contributed by atoms with van der Waals surface area (Å²) in [6.07, 6.45) is 9.34. The third kappa shape index (κ3) is 5.79. The highest BCUT2D eigenvalue weighted by Gasteiger charge is 2.24. The number of imidazole rings is 1. The van der Waals surface area contributed by atoms with Crippen molar-refractivity contribution in [1.82, 2.24) is 19.4 Å². The number of benzene rings is 4. The normalized spacial score (nSPS) is 12.1. The van der Waals surface area contributed by atoms with Crippen molar-refractivity contribution in [2.75, 3.05) is 20.3 Å². The lowest BCUT2D eigenvalue weighted by atomic mass is 9.87. The van der Waals surface area contributed by atoms with Crippen LogP contribution in [0.5, 0.6) is 0 Å². The molecule has 0 saturated heterocycles. The molecule has 0 radical (unpaired) electrons. The maximum Gasteiger partial charge on any atom is 0.325 e. The number of carbonyl (C=O) groups is 1. The van der Waals surface area contributed by atoms with E-state index in [2.05, 4.69) is 99.8 Å². The first-order valence-corrected chi connectivity index (χ1v) is 14.1. The number of methoxy groups -OCH3 is 1. The minimum atomic E-state index is -0.145. The highest BCUT2D eigenvalue weighted by atomic mass is 16.5. The highest BCUT2D eigenvalue weighted by Crippen LogP contribution is 2.36. The average Bonchev–Trinajstić information content (AvgIpc) is 3.69. The molecular weight excluding hydrogens is 508 g/mol. The first-order chi connectivity index (χ1) is 20.2. The van der Waals surface area contributed by atoms with Gasteiger partial charge in [-0.2, -0.15) is 0 Å². The van der Waals surface area contributed by atoms with Gasteiger partial charge in [-0.25, -0.2) is 9.78 Å². The first kappa shape index (κ1) is 26.5. The van der Waals surface area contributed by atoms with E-state index in [4.69, 9.17) is 4.74 Å². The molecule has 1 N–H and O–H groups in total. The van der Waals surface area contributed by atoms with E-state index in [0.717, 1.165) is 30.6 Å². The number of rotatable bonds is 10. The Morgan fingerprint density at radius 2 is 1.73 bits per heavy atom. The van der Waals surface area contributed by atoms with Gasteiger partial charge in [0, 0.05) is 51.1 Å². The van der Waals surface area contributed by atoms with Gasteiger partial charge in [-0.15, -0.1) is 0 Å². The van der Waals surface area contributed by atoms with Crippen LogP contribution < -0.4 is 5.32 Å². The van der Waals surface area contributed by atoms with Crippen molar-refractivity contribution in [3.8, 4) is 0 Å². The minimum Gasteiger partial charge on any atom is -0.385 e. The monoisotopic (exact) mass is 542 g/mol. The molecule has 0 aliphatic rings. The summed E-state index contributed by atoms with van der Waals surface area (Å²) < 4.78 is 8.99. The van der Waals surface area contributed by atoms with Crippen LogP contribution >= 0.6 is 0 Å². The van der Waals surface area contributed by atoms with Crippen LogP contribution in [0.15, 0.2) is 116 Å². The lowest BCUT2D eigenvalue weighted by molar-refractivity contribution is 0.193. The molecule has 0 saturated carbocycles. The summed E-state index contributed by atoms with van der Waals surface area (Å²) in [6, 6.07) is 32.0. The highest BCUT2D eigenvalue weighted by molar-refractivity contribution is 5.87. The second kappa shape index (κ2) is 12.2. The fourth-order valence-electron chi connectivity index (χ4n) is 5.63. The molecule has 1 atom stereocenters. The van der Waals surface area contributed by atoms with Gasteiger partial charge >= 0.3 is 6.03 Å². The maximum atomic E-state index is 12.9. The van der Waals surface area contributed by atoms with Gasteiger partial charge in [0.15, 0.2) is 0 Å². The topological polar surface area (TPSA) is 61.1 Å². The van der Waals surface area contributed by atoms with Gasteiger partial charge < -0.3 is 14.6 Å². The number of hydrogen-bond donors (Lipinski definition) is 1. The number of aryl methyl sites for hydroxylation is 2. The summed E-state index contributed by atoms with van der Waals surface area (Å²) in [5.41, 5.74) is 4.62. The van der Waals surface area contributed by atoms with Crippen LogP contribution in [0.25, 0.3) is 21.5 Å². The van der Waals surface area contributed by atoms with Gasteiger partial charge in [0.25, 0.3) is 0 Å². The van der Waals surface area contributed by atoms with Gasteiger partial charge in [-0.1, -0.05) is 84.9 Å². The molecule has 6 nitrogen and oxygen atoms in total. The van der Waals surface area contributed by atoms with E-state index in [1.807, 2.05) is 31.0 Å². The third-order valence-electron chi connectivity index (χ3n) is 7.71. The number of nitrogens with one attached hydrogen (secondary N) is 1. The Kier molecular flexibility index (Phi) is 7.92. The van der Waals surface area contributed by atoms with Crippen molar-refractivity contribution in [2.45, 2.75) is 25.3 Å². The van der Waals surface area contributed by atoms with Crippen molar-refractivity contribution in [3.63, 3.8) is 0 Å². The molecule has 6 rings (SSSR count). The number of hydrogen-bond acceptors (Lipinski definition) is 3. The fourth-order valence-corrected chi connectivity index (χ4v) is 5.63. The molecule has 4 aromatic carbocycles. The third-order valence-corrected chi connectivity index (χ3v) is 7.71. The summed E-state index contributed by atoms with van der Waals surface area (Å²) >= 11 is 0. The fraction of sp³-hybridized carbons (Fsp3) is 0.200. The summed E-state index contributed by atoms with van der Waals surface area (Å²) in [4.78, 5) is 17.5. The number of ether oxygens (including phenoxy) is 1. The number of amides is 1. The quantitative estimate of drug-likeness (QED) is 0.190. The molecule has 6 heteroatoms. The Balaban J connectivity index is 1.34. The van der Waals surface area contributed by atoms with Crippen molar-refractivity contribution >= 4 is 27.6 Å². The van der Waals surface area contributed by atoms with Crippen LogP contribution in [0.3, 0.4) is 0 Å². The zero-order chi connectivity index (χ0) is 28.0. The maximum absolute atomic E-state index is 12.9. The van der Waals surface area contributed by atoms with E-state index in [1.165, 1.54) is 32.7 Å². The van der Waals surface area contributed by atoms with Gasteiger partial charge in [0.1, 0.15) is 0 Å². The van der Waals surface area contributed by atoms with Crippen LogP contribution in [0.2, 0.25) is 0 Å². The SMILES string of the molecule is COCCCNC(=O)n1ccc(C(c2cccc3ccccc23)c2cncn2CCc2ccc3ccccc3c2)c1. The molecule has 2 aromatic heterocycles. The number of nitrogens with zero attached hydrogens (tertiary/aromatic N) is 3. The molecule has 0 aliphatic heterocycles. The zero-order valence-corrected chi connectivity index (χ0v) is 23.2. The molecule has 0 spiro atoms. The molecular formula is C35H34N4O2. The van der Waals surface area contributed by atoms with Crippen molar-refractivity contribution in [2.24, 2.45) is 0 Å². The van der Waals surface area contributed by atoms with Crippen LogP contribution in [-0.2, 0) is 17.7 Å². The van der Waals surface area contributed by atoms with Crippen molar-refractivity contribution in [3.05, 3.63) is 138 Å². The van der Waals surface area contributed by atoms with Crippen LogP contribution in [0, 0.1) is 0 Å². The van der Waals surface area contributed by atoms with Gasteiger partial charge in [0.05, 0.1) is 12.2 Å². The molecule has 1 unspecified atom stereocenters. The van der Waals surface area contributed by atoms with E-state index in [-0.39, 0.29) is 11.9 Å². The predicted molar refractivity (Wildman–Crippen MR) is 164 cm³/mol. The first-order valence-electron chi connectivity index (χ1n) is 14.1. The molecule has 0 aliphatic carbocycles. The van der Waals surface area contributed by atoms with Gasteiger partial charge in [-0.05, 0) is 57.1 Å². The number of fused-ring (bicyclic) bond motifs is 2. The van der Waals surface area contributed by atoms with Gasteiger partial charge in [-0.3, -0.25) is 4.57 Å². The lowest BCUT2D eigenvalue weighted by Gasteiger charge is -2.21. The molecule has 41 heavy (non-hydrogen) atoms. The summed E-state index contributed by atoms with van der Waals surface area (Å²) in [5.74, 6) is -0.0947. The van der Waals surface area contributed by atoms with E-state index >= 15 is 0 Å². The minimum absolute atomic E-state index is 0.0947. The Hall–Kier alpha value is -4.68. The van der Waals surface area contributed by atoms with Crippen molar-refractivity contribution < 1.29 is 9.53 Å². The Morgan fingerprint density at radius 3 is 2.61 bits per heavy atom. The predicted octanol–water partition coefficient (Wildman–Crippen LogP) is 7.01. The van der Waals surface area contributed by atoms with Crippen LogP contribution in [0.1, 0.15) is 34.7 Å². The molecule has 0 fully saturated rings. The molecule has 206 valence electrons. The number of carbonyl (C=O) groups excluding carboxylic acids is 1. The van der Waals surface area contributed by atoms with Crippen LogP contribution in [-0.4, -0.2) is 40.4 Å². The second-order valence-corrected chi connectivity index (χ2v) is 10.4. The average molecular weight is 543 g/mol. The smallest absolute Gasteiger partial charge is 0.325 e. The lowest BCUT2D eigenvalue weighted by Crippen LogP contribution is -2.29. The second-order valence-electron chi connectivity index (χ2n) is 10.4. The summed E-state index contributed by atoms with van der Waals surface area (Å²) in [5, 5.41) is 7.87. The molecule has 2 heterocycles. The van der Waals surface area contributed by atoms with E-state index in [9.17, 15) is 4.79 Å². The van der Waals surface area contributed by atoms with Crippen molar-refractivity contribution in [1.29, 1.82) is 0 Å². The van der Waals surface area contributed by atoms with Crippen LogP contribution in [0.4, 0.5) is 4.79 Å². The van der Waals surface area contributed by atoms with Gasteiger partial charge in [0.2, 0.25) is 0 Å². The summed E-state index contributed by atoms with van der Waals surface area (Å²) in [6.45, 7) is 1.98. The Bertz CT molecular complexity index is 1780. The Morgan fingerprint density at radius 1 is 0.927 bits per heavy atom. The molecule has 1 amide bonds. The standard InChI is InChI=1S/C35H34N4O2/c1-41-21-7-18-37-35(40)38-20-17-30(24-38)34(32-13-6-11-28-9-4-5-12-31(28)32)33-23-36-25-39(33)19-16-26-14-15-27-8-2-3-10-29(27)22-26/h2-6,8-15,17,20,22-25,34H,7,16,18-19,21H2,1H3,(H,37,40). The zero-order valence-electron chi connectivity index (χ0n) is 23.2. The largest absolute Gasteiger partial charge is 0.385 e. The molecule has 0 bridgehead atoms. The molecule has 6 aromatic rings. The van der Waals surface area contributed by atoms with E-state index in [0.29, 0.717) is 13.2 Å².